The molecule has 1 fully saturated rings. The van der Waals surface area contributed by atoms with Crippen molar-refractivity contribution in [2.45, 2.75) is 24.3 Å². The van der Waals surface area contributed by atoms with E-state index in [2.05, 4.69) is 0 Å². The van der Waals surface area contributed by atoms with E-state index in [0.29, 0.717) is 5.56 Å². The van der Waals surface area contributed by atoms with Crippen molar-refractivity contribution in [3.8, 4) is 0 Å². The van der Waals surface area contributed by atoms with Crippen LogP contribution < -0.4 is 0 Å². The molecule has 1 unspecified atom stereocenters. The molecule has 0 spiro atoms. The molecule has 0 amide bonds. The van der Waals surface area contributed by atoms with Gasteiger partial charge in [-0.1, -0.05) is 6.07 Å². The van der Waals surface area contributed by atoms with Crippen molar-refractivity contribution in [3.63, 3.8) is 0 Å². The molecular weight excluding hydrogens is 305 g/mol. The average Bonchev–Trinajstić information content (AvgIpc) is 2.72. The molecule has 0 aromatic heterocycles. The Kier molecular flexibility index (Phi) is 3.92. The number of benzene rings is 1. The largest absolute Gasteiger partial charge is 0.243 e. The van der Waals surface area contributed by atoms with Gasteiger partial charge in [-0.2, -0.15) is 4.31 Å². The Bertz CT molecular complexity index is 728. The fraction of sp³-hybridized carbons (Fsp3) is 0.500. The standard InChI is InChI=1S/C12H16FNO4S2/c1-9-3-4-11(7-12(9)13)20(17,18)14(2)10-5-6-19(15,16)8-10/h3-4,7,10H,5-6,8H2,1-2H3. The van der Waals surface area contributed by atoms with E-state index >= 15 is 0 Å². The summed E-state index contributed by atoms with van der Waals surface area (Å²) >= 11 is 0. The summed E-state index contributed by atoms with van der Waals surface area (Å²) in [5, 5.41) is 0. The van der Waals surface area contributed by atoms with Crippen LogP contribution in [0.25, 0.3) is 0 Å². The second kappa shape index (κ2) is 5.09. The summed E-state index contributed by atoms with van der Waals surface area (Å²) in [6.45, 7) is 1.54. The van der Waals surface area contributed by atoms with Crippen molar-refractivity contribution in [1.29, 1.82) is 0 Å². The first-order valence-electron chi connectivity index (χ1n) is 6.08. The zero-order valence-electron chi connectivity index (χ0n) is 11.2. The van der Waals surface area contributed by atoms with Gasteiger partial charge >= 0.3 is 0 Å². The molecule has 8 heteroatoms. The predicted molar refractivity (Wildman–Crippen MR) is 73.1 cm³/mol. The Morgan fingerprint density at radius 1 is 1.35 bits per heavy atom. The Morgan fingerprint density at radius 2 is 2.00 bits per heavy atom. The predicted octanol–water partition coefficient (Wildman–Crippen LogP) is 0.942. The minimum Gasteiger partial charge on any atom is -0.229 e. The molecule has 1 heterocycles. The number of sulfone groups is 1. The third-order valence-electron chi connectivity index (χ3n) is 3.54. The van der Waals surface area contributed by atoms with E-state index in [9.17, 15) is 21.2 Å². The van der Waals surface area contributed by atoms with Gasteiger partial charge in [-0.15, -0.1) is 0 Å². The third-order valence-corrected chi connectivity index (χ3v) is 7.20. The third kappa shape index (κ3) is 2.87. The van der Waals surface area contributed by atoms with Crippen LogP contribution in [-0.4, -0.2) is 45.7 Å². The van der Waals surface area contributed by atoms with E-state index in [4.69, 9.17) is 0 Å². The van der Waals surface area contributed by atoms with E-state index < -0.39 is 31.7 Å². The van der Waals surface area contributed by atoms with Crippen LogP contribution >= 0.6 is 0 Å². The Morgan fingerprint density at radius 3 is 2.50 bits per heavy atom. The smallest absolute Gasteiger partial charge is 0.229 e. The van der Waals surface area contributed by atoms with Crippen LogP contribution in [0.1, 0.15) is 12.0 Å². The van der Waals surface area contributed by atoms with E-state index in [1.807, 2.05) is 0 Å². The molecule has 0 N–H and O–H groups in total. The number of hydrogen-bond acceptors (Lipinski definition) is 4. The van der Waals surface area contributed by atoms with E-state index in [1.165, 1.54) is 19.2 Å². The van der Waals surface area contributed by atoms with Gasteiger partial charge in [0.1, 0.15) is 5.82 Å². The van der Waals surface area contributed by atoms with Gasteiger partial charge in [0.15, 0.2) is 9.84 Å². The number of halogens is 1. The minimum atomic E-state index is -3.88. The Labute approximate surface area is 118 Å². The normalized spacial score (nSPS) is 22.3. The lowest BCUT2D eigenvalue weighted by Crippen LogP contribution is -2.37. The number of nitrogens with zero attached hydrogens (tertiary/aromatic N) is 1. The Balaban J connectivity index is 2.32. The highest BCUT2D eigenvalue weighted by atomic mass is 32.2. The molecule has 0 radical (unpaired) electrons. The molecule has 5 nitrogen and oxygen atoms in total. The summed E-state index contributed by atoms with van der Waals surface area (Å²) in [5.41, 5.74) is 0.357. The van der Waals surface area contributed by atoms with Crippen molar-refractivity contribution >= 4 is 19.9 Å². The van der Waals surface area contributed by atoms with Crippen molar-refractivity contribution in [1.82, 2.24) is 4.31 Å². The zero-order valence-corrected chi connectivity index (χ0v) is 12.8. The maximum absolute atomic E-state index is 13.5. The number of sulfonamides is 1. The van der Waals surface area contributed by atoms with E-state index in [0.717, 1.165) is 10.4 Å². The molecule has 0 saturated carbocycles. The summed E-state index contributed by atoms with van der Waals surface area (Å²) < 4.78 is 62.1. The lowest BCUT2D eigenvalue weighted by molar-refractivity contribution is 0.393. The average molecular weight is 321 g/mol. The van der Waals surface area contributed by atoms with Gasteiger partial charge in [0.25, 0.3) is 0 Å². The van der Waals surface area contributed by atoms with Crippen LogP contribution in [0.15, 0.2) is 23.1 Å². The first kappa shape index (κ1) is 15.4. The van der Waals surface area contributed by atoms with Crippen molar-refractivity contribution in [3.05, 3.63) is 29.6 Å². The number of aryl methyl sites for hydroxylation is 1. The van der Waals surface area contributed by atoms with Gasteiger partial charge in [0.2, 0.25) is 10.0 Å². The molecule has 1 aliphatic heterocycles. The molecule has 1 aromatic carbocycles. The molecule has 1 atom stereocenters. The summed E-state index contributed by atoms with van der Waals surface area (Å²) in [5.74, 6) is -0.796. The summed E-state index contributed by atoms with van der Waals surface area (Å²) in [7, 11) is -5.73. The lowest BCUT2D eigenvalue weighted by Gasteiger charge is -2.22. The van der Waals surface area contributed by atoms with E-state index in [1.54, 1.807) is 6.92 Å². The van der Waals surface area contributed by atoms with Crippen LogP contribution in [0.5, 0.6) is 0 Å². The van der Waals surface area contributed by atoms with Crippen LogP contribution in [0.2, 0.25) is 0 Å². The van der Waals surface area contributed by atoms with Crippen molar-refractivity contribution in [2.75, 3.05) is 18.6 Å². The highest BCUT2D eigenvalue weighted by Gasteiger charge is 2.36. The van der Waals surface area contributed by atoms with Gasteiger partial charge in [0.05, 0.1) is 16.4 Å². The monoisotopic (exact) mass is 321 g/mol. The molecule has 112 valence electrons. The van der Waals surface area contributed by atoms with Crippen LogP contribution in [0.4, 0.5) is 4.39 Å². The second-order valence-corrected chi connectivity index (χ2v) is 9.22. The summed E-state index contributed by atoms with van der Waals surface area (Å²) in [6.07, 6.45) is 0.270. The first-order chi connectivity index (χ1) is 9.13. The van der Waals surface area contributed by atoms with Gasteiger partial charge in [0, 0.05) is 13.1 Å². The second-order valence-electron chi connectivity index (χ2n) is 4.99. The van der Waals surface area contributed by atoms with Crippen molar-refractivity contribution in [2.24, 2.45) is 0 Å². The van der Waals surface area contributed by atoms with Gasteiger partial charge < -0.3 is 0 Å². The highest BCUT2D eigenvalue weighted by Crippen LogP contribution is 2.24. The van der Waals surface area contributed by atoms with Gasteiger partial charge in [-0.25, -0.2) is 21.2 Å². The first-order valence-corrected chi connectivity index (χ1v) is 9.34. The molecule has 1 saturated heterocycles. The van der Waals surface area contributed by atoms with Gasteiger partial charge in [-0.05, 0) is 31.0 Å². The summed E-state index contributed by atoms with van der Waals surface area (Å²) in [6, 6.07) is 3.09. The van der Waals surface area contributed by atoms with Crippen LogP contribution in [0.3, 0.4) is 0 Å². The number of rotatable bonds is 3. The van der Waals surface area contributed by atoms with Crippen LogP contribution in [-0.2, 0) is 19.9 Å². The fourth-order valence-corrected chi connectivity index (χ4v) is 5.42. The molecule has 0 bridgehead atoms. The van der Waals surface area contributed by atoms with E-state index in [-0.39, 0.29) is 22.8 Å². The zero-order chi connectivity index (χ0) is 15.1. The summed E-state index contributed by atoms with van der Waals surface area (Å²) in [4.78, 5) is -0.160. The topological polar surface area (TPSA) is 71.5 Å². The SMILES string of the molecule is Cc1ccc(S(=O)(=O)N(C)C2CCS(=O)(=O)C2)cc1F. The molecule has 1 aliphatic rings. The molecule has 2 rings (SSSR count). The Hall–Kier alpha value is -0.990. The highest BCUT2D eigenvalue weighted by molar-refractivity contribution is 7.92. The fourth-order valence-electron chi connectivity index (χ4n) is 2.16. The maximum Gasteiger partial charge on any atom is 0.243 e. The number of hydrogen-bond donors (Lipinski definition) is 0. The van der Waals surface area contributed by atoms with Crippen LogP contribution in [0, 0.1) is 12.7 Å². The van der Waals surface area contributed by atoms with Crippen molar-refractivity contribution < 1.29 is 21.2 Å². The molecular formula is C12H16FNO4S2. The maximum atomic E-state index is 13.5. The molecule has 20 heavy (non-hydrogen) atoms. The molecule has 0 aliphatic carbocycles. The van der Waals surface area contributed by atoms with Gasteiger partial charge in [-0.3, -0.25) is 0 Å². The minimum absolute atomic E-state index is 0.0141. The lowest BCUT2D eigenvalue weighted by atomic mass is 10.2. The molecule has 1 aromatic rings. The quantitative estimate of drug-likeness (QED) is 0.831.